The highest BCUT2D eigenvalue weighted by Crippen LogP contribution is 2.34. The summed E-state index contributed by atoms with van der Waals surface area (Å²) in [7, 11) is 0. The van der Waals surface area contributed by atoms with Crippen molar-refractivity contribution < 1.29 is 13.5 Å². The SMILES string of the molecule is FC(F)COCCC(Br)c1ccc(C2CCCCC2)cc1. The number of hydrogen-bond acceptors (Lipinski definition) is 1. The van der Waals surface area contributed by atoms with E-state index in [0.29, 0.717) is 13.0 Å². The highest BCUT2D eigenvalue weighted by atomic mass is 79.9. The molecule has 0 bridgehead atoms. The first-order valence-corrected chi connectivity index (χ1v) is 8.68. The minimum Gasteiger partial charge on any atom is -0.375 e. The molecule has 118 valence electrons. The van der Waals surface area contributed by atoms with Gasteiger partial charge in [-0.1, -0.05) is 59.5 Å². The molecule has 1 aliphatic rings. The van der Waals surface area contributed by atoms with Crippen molar-refractivity contribution in [1.29, 1.82) is 0 Å². The van der Waals surface area contributed by atoms with Crippen molar-refractivity contribution in [2.75, 3.05) is 13.2 Å². The van der Waals surface area contributed by atoms with Gasteiger partial charge in [0.1, 0.15) is 6.61 Å². The van der Waals surface area contributed by atoms with Crippen molar-refractivity contribution in [3.05, 3.63) is 35.4 Å². The second-order valence-electron chi connectivity index (χ2n) is 5.72. The maximum Gasteiger partial charge on any atom is 0.261 e. The van der Waals surface area contributed by atoms with Crippen molar-refractivity contribution in [3.8, 4) is 0 Å². The molecule has 0 aliphatic heterocycles. The Labute approximate surface area is 134 Å². The predicted octanol–water partition coefficient (Wildman–Crippen LogP) is 5.84. The molecule has 0 saturated heterocycles. The summed E-state index contributed by atoms with van der Waals surface area (Å²) in [4.78, 5) is 0.163. The third-order valence-electron chi connectivity index (χ3n) is 4.13. The standard InChI is InChI=1S/C17H23BrF2O/c18-16(10-11-21-12-17(19)20)15-8-6-14(7-9-15)13-4-2-1-3-5-13/h6-9,13,16-17H,1-5,10-12H2. The first-order valence-electron chi connectivity index (χ1n) is 7.76. The summed E-state index contributed by atoms with van der Waals surface area (Å²) in [6, 6.07) is 8.74. The zero-order valence-electron chi connectivity index (χ0n) is 12.2. The van der Waals surface area contributed by atoms with Crippen LogP contribution in [0, 0.1) is 0 Å². The van der Waals surface area contributed by atoms with E-state index in [0.717, 1.165) is 5.92 Å². The summed E-state index contributed by atoms with van der Waals surface area (Å²) in [5, 5.41) is 0. The van der Waals surface area contributed by atoms with Crippen LogP contribution in [0.5, 0.6) is 0 Å². The zero-order valence-corrected chi connectivity index (χ0v) is 13.8. The summed E-state index contributed by atoms with van der Waals surface area (Å²) in [6.07, 6.45) is 4.99. The zero-order chi connectivity index (χ0) is 15.1. The van der Waals surface area contributed by atoms with Crippen molar-refractivity contribution in [1.82, 2.24) is 0 Å². The van der Waals surface area contributed by atoms with Gasteiger partial charge in [0.15, 0.2) is 0 Å². The number of hydrogen-bond donors (Lipinski definition) is 0. The highest BCUT2D eigenvalue weighted by molar-refractivity contribution is 9.09. The van der Waals surface area contributed by atoms with Gasteiger partial charge < -0.3 is 4.74 Å². The molecule has 0 radical (unpaired) electrons. The molecule has 1 unspecified atom stereocenters. The van der Waals surface area contributed by atoms with Gasteiger partial charge in [0.25, 0.3) is 6.43 Å². The van der Waals surface area contributed by atoms with E-state index in [2.05, 4.69) is 40.2 Å². The fourth-order valence-electron chi connectivity index (χ4n) is 2.94. The molecule has 0 heterocycles. The first-order chi connectivity index (χ1) is 10.2. The Kier molecular flexibility index (Phi) is 7.11. The molecule has 1 nitrogen and oxygen atoms in total. The summed E-state index contributed by atoms with van der Waals surface area (Å²) >= 11 is 3.61. The van der Waals surface area contributed by atoms with Crippen LogP contribution in [0.15, 0.2) is 24.3 Å². The van der Waals surface area contributed by atoms with E-state index >= 15 is 0 Å². The number of benzene rings is 1. The Balaban J connectivity index is 1.80. The molecule has 1 fully saturated rings. The quantitative estimate of drug-likeness (QED) is 0.438. The Hall–Kier alpha value is -0.480. The fraction of sp³-hybridized carbons (Fsp3) is 0.647. The molecular weight excluding hydrogens is 338 g/mol. The van der Waals surface area contributed by atoms with Crippen LogP contribution < -0.4 is 0 Å². The Morgan fingerprint density at radius 3 is 2.38 bits per heavy atom. The molecule has 0 spiro atoms. The molecule has 0 N–H and O–H groups in total. The fourth-order valence-corrected chi connectivity index (χ4v) is 3.43. The molecule has 1 atom stereocenters. The average molecular weight is 361 g/mol. The molecule has 1 saturated carbocycles. The van der Waals surface area contributed by atoms with Gasteiger partial charge in [-0.15, -0.1) is 0 Å². The second-order valence-corrected chi connectivity index (χ2v) is 6.83. The molecule has 4 heteroatoms. The van der Waals surface area contributed by atoms with Crippen LogP contribution in [-0.2, 0) is 4.74 Å². The summed E-state index contributed by atoms with van der Waals surface area (Å²) in [5.41, 5.74) is 2.63. The average Bonchev–Trinajstić information content (AvgIpc) is 2.52. The van der Waals surface area contributed by atoms with Crippen molar-refractivity contribution in [2.24, 2.45) is 0 Å². The van der Waals surface area contributed by atoms with Gasteiger partial charge in [-0.3, -0.25) is 0 Å². The lowest BCUT2D eigenvalue weighted by atomic mass is 9.84. The highest BCUT2D eigenvalue weighted by Gasteiger charge is 2.16. The van der Waals surface area contributed by atoms with Crippen LogP contribution in [0.4, 0.5) is 8.78 Å². The summed E-state index contributed by atoms with van der Waals surface area (Å²) < 4.78 is 28.9. The molecule has 2 rings (SSSR count). The van der Waals surface area contributed by atoms with E-state index in [1.807, 2.05) is 0 Å². The van der Waals surface area contributed by atoms with Crippen LogP contribution in [0.1, 0.15) is 60.4 Å². The van der Waals surface area contributed by atoms with E-state index in [9.17, 15) is 8.78 Å². The van der Waals surface area contributed by atoms with E-state index < -0.39 is 13.0 Å². The topological polar surface area (TPSA) is 9.23 Å². The van der Waals surface area contributed by atoms with Crippen LogP contribution >= 0.6 is 15.9 Å². The second kappa shape index (κ2) is 8.84. The van der Waals surface area contributed by atoms with Crippen molar-refractivity contribution in [2.45, 2.75) is 55.7 Å². The van der Waals surface area contributed by atoms with Gasteiger partial charge >= 0.3 is 0 Å². The van der Waals surface area contributed by atoms with Crippen molar-refractivity contribution >= 4 is 15.9 Å². The van der Waals surface area contributed by atoms with Gasteiger partial charge in [-0.05, 0) is 36.3 Å². The van der Waals surface area contributed by atoms with Crippen molar-refractivity contribution in [3.63, 3.8) is 0 Å². The van der Waals surface area contributed by atoms with Crippen LogP contribution in [0.25, 0.3) is 0 Å². The number of alkyl halides is 3. The number of halogens is 3. The predicted molar refractivity (Wildman–Crippen MR) is 85.4 cm³/mol. The molecule has 1 aromatic carbocycles. The van der Waals surface area contributed by atoms with Gasteiger partial charge in [-0.2, -0.15) is 0 Å². The maximum atomic E-state index is 12.0. The third kappa shape index (κ3) is 5.67. The van der Waals surface area contributed by atoms with Crippen LogP contribution in [0.3, 0.4) is 0 Å². The van der Waals surface area contributed by atoms with E-state index in [1.165, 1.54) is 43.2 Å². The molecular formula is C17H23BrF2O. The largest absolute Gasteiger partial charge is 0.375 e. The molecule has 1 aromatic rings. The van der Waals surface area contributed by atoms with E-state index in [-0.39, 0.29) is 4.83 Å². The molecule has 1 aliphatic carbocycles. The lowest BCUT2D eigenvalue weighted by Gasteiger charge is -2.22. The number of rotatable bonds is 7. The van der Waals surface area contributed by atoms with Crippen LogP contribution in [-0.4, -0.2) is 19.6 Å². The summed E-state index contributed by atoms with van der Waals surface area (Å²) in [5.74, 6) is 0.718. The Morgan fingerprint density at radius 1 is 1.10 bits per heavy atom. The van der Waals surface area contributed by atoms with Gasteiger partial charge in [0, 0.05) is 11.4 Å². The smallest absolute Gasteiger partial charge is 0.261 e. The first kappa shape index (κ1) is 16.9. The minimum atomic E-state index is -2.38. The van der Waals surface area contributed by atoms with Crippen LogP contribution in [0.2, 0.25) is 0 Å². The maximum absolute atomic E-state index is 12.0. The van der Waals surface area contributed by atoms with Gasteiger partial charge in [0.05, 0.1) is 0 Å². The van der Waals surface area contributed by atoms with Gasteiger partial charge in [0.2, 0.25) is 0 Å². The molecule has 0 amide bonds. The van der Waals surface area contributed by atoms with Gasteiger partial charge in [-0.25, -0.2) is 8.78 Å². The molecule has 0 aromatic heterocycles. The number of ether oxygens (including phenoxy) is 1. The monoisotopic (exact) mass is 360 g/mol. The molecule has 21 heavy (non-hydrogen) atoms. The summed E-state index contributed by atoms with van der Waals surface area (Å²) in [6.45, 7) is -0.120. The lowest BCUT2D eigenvalue weighted by molar-refractivity contribution is 0.0167. The lowest BCUT2D eigenvalue weighted by Crippen LogP contribution is -2.07. The minimum absolute atomic E-state index is 0.163. The Morgan fingerprint density at radius 2 is 1.76 bits per heavy atom. The van der Waals surface area contributed by atoms with E-state index in [4.69, 9.17) is 4.74 Å². The van der Waals surface area contributed by atoms with E-state index in [1.54, 1.807) is 0 Å². The normalized spacial score (nSPS) is 18.1. The Bertz CT molecular complexity index is 402. The third-order valence-corrected chi connectivity index (χ3v) is 5.12.